The normalized spacial score (nSPS) is 26.2. The Kier molecular flexibility index (Phi) is 6.91. The minimum absolute atomic E-state index is 0.0214. The standard InChI is InChI=1S/C31H32F3N3O3/c32-31(33,34)23-5-3-20(4-6-23)17-37-12-11-30(40,25(18-37)13-19-1-2-19)24-7-9-27-21(15-24)14-22(16-35-27)26-8-10-28(38)36-29(26)39/h3-7,9,14-16,19,25-26,40H,1-2,8,10-13,17-18H2,(H,36,38,39). The van der Waals surface area contributed by atoms with Crippen LogP contribution in [0.4, 0.5) is 13.2 Å². The molecule has 6 nitrogen and oxygen atoms in total. The van der Waals surface area contributed by atoms with Gasteiger partial charge in [-0.15, -0.1) is 0 Å². The number of nitrogens with zero attached hydrogens (tertiary/aromatic N) is 2. The van der Waals surface area contributed by atoms with E-state index in [1.165, 1.54) is 12.1 Å². The lowest BCUT2D eigenvalue weighted by molar-refractivity contribution is -0.138. The fourth-order valence-electron chi connectivity index (χ4n) is 6.31. The zero-order valence-electron chi connectivity index (χ0n) is 22.1. The number of rotatable bonds is 6. The van der Waals surface area contributed by atoms with E-state index in [0.717, 1.165) is 59.0 Å². The lowest BCUT2D eigenvalue weighted by Crippen LogP contribution is -2.50. The van der Waals surface area contributed by atoms with Crippen LogP contribution in [0.25, 0.3) is 10.9 Å². The molecule has 3 unspecified atom stereocenters. The van der Waals surface area contributed by atoms with Crippen LogP contribution < -0.4 is 5.32 Å². The maximum Gasteiger partial charge on any atom is 0.416 e. The van der Waals surface area contributed by atoms with Gasteiger partial charge in [-0.1, -0.05) is 31.0 Å². The van der Waals surface area contributed by atoms with Gasteiger partial charge < -0.3 is 5.11 Å². The Balaban J connectivity index is 1.23. The molecule has 1 saturated carbocycles. The van der Waals surface area contributed by atoms with Gasteiger partial charge in [-0.3, -0.25) is 24.8 Å². The molecule has 0 spiro atoms. The second kappa shape index (κ2) is 10.3. The number of carbonyl (C=O) groups is 2. The third-order valence-electron chi connectivity index (χ3n) is 8.81. The molecular weight excluding hydrogens is 519 g/mol. The van der Waals surface area contributed by atoms with Crippen molar-refractivity contribution in [2.75, 3.05) is 13.1 Å². The van der Waals surface area contributed by atoms with Crippen LogP contribution in [0.3, 0.4) is 0 Å². The van der Waals surface area contributed by atoms with Crippen molar-refractivity contribution in [2.24, 2.45) is 11.8 Å². The summed E-state index contributed by atoms with van der Waals surface area (Å²) in [4.78, 5) is 30.8. The molecule has 3 aliphatic rings. The Morgan fingerprint density at radius 3 is 2.52 bits per heavy atom. The van der Waals surface area contributed by atoms with Gasteiger partial charge >= 0.3 is 6.18 Å². The number of benzene rings is 2. The summed E-state index contributed by atoms with van der Waals surface area (Å²) in [7, 11) is 0. The number of imide groups is 1. The Morgan fingerprint density at radius 2 is 1.82 bits per heavy atom. The van der Waals surface area contributed by atoms with Crippen LogP contribution in [0.2, 0.25) is 0 Å². The van der Waals surface area contributed by atoms with Crippen molar-refractivity contribution in [3.05, 3.63) is 77.0 Å². The number of amides is 2. The summed E-state index contributed by atoms with van der Waals surface area (Å²) in [6, 6.07) is 13.1. The third kappa shape index (κ3) is 5.49. The molecule has 2 N–H and O–H groups in total. The van der Waals surface area contributed by atoms with Gasteiger partial charge in [0.25, 0.3) is 0 Å². The molecule has 9 heteroatoms. The summed E-state index contributed by atoms with van der Waals surface area (Å²) in [6.45, 7) is 1.80. The molecule has 2 amide bonds. The van der Waals surface area contributed by atoms with E-state index in [2.05, 4.69) is 15.2 Å². The average Bonchev–Trinajstić information content (AvgIpc) is 3.74. The Bertz CT molecular complexity index is 1440. The number of pyridine rings is 1. The molecule has 3 heterocycles. The zero-order valence-corrected chi connectivity index (χ0v) is 22.1. The van der Waals surface area contributed by atoms with E-state index in [4.69, 9.17) is 0 Å². The summed E-state index contributed by atoms with van der Waals surface area (Å²) in [5, 5.41) is 15.4. The van der Waals surface area contributed by atoms with E-state index in [9.17, 15) is 27.9 Å². The first kappa shape index (κ1) is 26.9. The maximum absolute atomic E-state index is 13.0. The third-order valence-corrected chi connectivity index (χ3v) is 8.81. The number of carbonyl (C=O) groups excluding carboxylic acids is 2. The van der Waals surface area contributed by atoms with E-state index in [1.54, 1.807) is 6.20 Å². The van der Waals surface area contributed by atoms with Crippen LogP contribution in [0.5, 0.6) is 0 Å². The number of hydrogen-bond donors (Lipinski definition) is 2. The van der Waals surface area contributed by atoms with Gasteiger partial charge in [0.05, 0.1) is 22.6 Å². The molecule has 0 radical (unpaired) electrons. The number of likely N-dealkylation sites (tertiary alicyclic amines) is 1. The highest BCUT2D eigenvalue weighted by molar-refractivity contribution is 6.01. The molecule has 1 aliphatic carbocycles. The van der Waals surface area contributed by atoms with Crippen molar-refractivity contribution in [2.45, 2.75) is 62.8 Å². The lowest BCUT2D eigenvalue weighted by Gasteiger charge is -2.45. The highest BCUT2D eigenvalue weighted by atomic mass is 19.4. The number of aliphatic hydroxyl groups is 1. The fraction of sp³-hybridized carbons (Fsp3) is 0.452. The summed E-state index contributed by atoms with van der Waals surface area (Å²) >= 11 is 0. The predicted molar refractivity (Wildman–Crippen MR) is 143 cm³/mol. The molecule has 0 bridgehead atoms. The van der Waals surface area contributed by atoms with Gasteiger partial charge in [0, 0.05) is 43.6 Å². The van der Waals surface area contributed by atoms with Crippen LogP contribution in [0, 0.1) is 11.8 Å². The monoisotopic (exact) mass is 551 g/mol. The molecule has 6 rings (SSSR count). The quantitative estimate of drug-likeness (QED) is 0.407. The highest BCUT2D eigenvalue weighted by Crippen LogP contribution is 2.46. The van der Waals surface area contributed by atoms with Crippen molar-refractivity contribution in [1.82, 2.24) is 15.2 Å². The molecule has 40 heavy (non-hydrogen) atoms. The van der Waals surface area contributed by atoms with Gasteiger partial charge in [-0.05, 0) is 72.2 Å². The van der Waals surface area contributed by atoms with Gasteiger partial charge in [-0.25, -0.2) is 0 Å². The number of hydrogen-bond acceptors (Lipinski definition) is 5. The second-order valence-electron chi connectivity index (χ2n) is 11.7. The smallest absolute Gasteiger partial charge is 0.385 e. The molecule has 3 aromatic rings. The second-order valence-corrected chi connectivity index (χ2v) is 11.7. The minimum Gasteiger partial charge on any atom is -0.385 e. The highest BCUT2D eigenvalue weighted by Gasteiger charge is 2.45. The van der Waals surface area contributed by atoms with Crippen LogP contribution in [0.15, 0.2) is 54.7 Å². The van der Waals surface area contributed by atoms with Gasteiger partial charge in [0.15, 0.2) is 0 Å². The number of halogens is 3. The van der Waals surface area contributed by atoms with Crippen LogP contribution in [-0.2, 0) is 27.9 Å². The summed E-state index contributed by atoms with van der Waals surface area (Å²) < 4.78 is 38.9. The average molecular weight is 552 g/mol. The van der Waals surface area contributed by atoms with E-state index >= 15 is 0 Å². The van der Waals surface area contributed by atoms with E-state index in [1.807, 2.05) is 24.3 Å². The van der Waals surface area contributed by atoms with Crippen LogP contribution in [-0.4, -0.2) is 39.9 Å². The van der Waals surface area contributed by atoms with Crippen molar-refractivity contribution < 1.29 is 27.9 Å². The largest absolute Gasteiger partial charge is 0.416 e. The SMILES string of the molecule is O=C1CCC(c2cnc3ccc(C4(O)CCN(Cc5ccc(C(F)(F)F)cc5)CC4CC4CC4)cc3c2)C(=O)N1. The molecule has 3 atom stereocenters. The maximum atomic E-state index is 13.0. The first-order chi connectivity index (χ1) is 19.1. The molecule has 2 aliphatic heterocycles. The zero-order chi connectivity index (χ0) is 28.1. The number of nitrogens with one attached hydrogen (secondary N) is 1. The summed E-state index contributed by atoms with van der Waals surface area (Å²) in [5.74, 6) is -0.434. The topological polar surface area (TPSA) is 82.5 Å². The molecular formula is C31H32F3N3O3. The lowest BCUT2D eigenvalue weighted by atomic mass is 9.73. The van der Waals surface area contributed by atoms with Crippen LogP contribution >= 0.6 is 0 Å². The molecule has 3 fully saturated rings. The van der Waals surface area contributed by atoms with Crippen LogP contribution in [0.1, 0.15) is 66.7 Å². The van der Waals surface area contributed by atoms with Crippen molar-refractivity contribution >= 4 is 22.7 Å². The first-order valence-corrected chi connectivity index (χ1v) is 13.9. The predicted octanol–water partition coefficient (Wildman–Crippen LogP) is 5.28. The number of piperidine rings is 2. The Morgan fingerprint density at radius 1 is 1.05 bits per heavy atom. The summed E-state index contributed by atoms with van der Waals surface area (Å²) in [6.07, 6.45) is 1.79. The number of fused-ring (bicyclic) bond motifs is 1. The van der Waals surface area contributed by atoms with E-state index in [0.29, 0.717) is 44.8 Å². The Hall–Kier alpha value is -3.30. The Labute approximate surface area is 230 Å². The van der Waals surface area contributed by atoms with Crippen molar-refractivity contribution in [3.8, 4) is 0 Å². The summed E-state index contributed by atoms with van der Waals surface area (Å²) in [5.41, 5.74) is 1.47. The van der Waals surface area contributed by atoms with E-state index in [-0.39, 0.29) is 17.7 Å². The minimum atomic E-state index is -4.35. The number of alkyl halides is 3. The molecule has 2 saturated heterocycles. The van der Waals surface area contributed by atoms with Gasteiger partial charge in [-0.2, -0.15) is 13.2 Å². The molecule has 2 aromatic carbocycles. The molecule has 210 valence electrons. The van der Waals surface area contributed by atoms with E-state index < -0.39 is 23.3 Å². The number of aromatic nitrogens is 1. The van der Waals surface area contributed by atoms with Crippen molar-refractivity contribution in [1.29, 1.82) is 0 Å². The van der Waals surface area contributed by atoms with Gasteiger partial charge in [0.2, 0.25) is 11.8 Å². The molecule has 1 aromatic heterocycles. The van der Waals surface area contributed by atoms with Crippen molar-refractivity contribution in [3.63, 3.8) is 0 Å². The van der Waals surface area contributed by atoms with Gasteiger partial charge in [0.1, 0.15) is 0 Å². The fourth-order valence-corrected chi connectivity index (χ4v) is 6.31. The first-order valence-electron chi connectivity index (χ1n) is 13.9.